The highest BCUT2D eigenvalue weighted by atomic mass is 32.2. The summed E-state index contributed by atoms with van der Waals surface area (Å²) in [5.74, 6) is 3.28. The predicted octanol–water partition coefficient (Wildman–Crippen LogP) is 2.44. The van der Waals surface area contributed by atoms with E-state index in [4.69, 9.17) is 4.52 Å². The molecule has 1 aromatic heterocycles. The lowest BCUT2D eigenvalue weighted by Gasteiger charge is -2.19. The molecule has 0 aliphatic carbocycles. The average molecular weight is 244 g/mol. The van der Waals surface area contributed by atoms with Gasteiger partial charge in [-0.15, -0.1) is 0 Å². The zero-order valence-electron chi connectivity index (χ0n) is 10.3. The number of rotatable bonds is 6. The molecule has 0 spiro atoms. The summed E-state index contributed by atoms with van der Waals surface area (Å²) in [6.45, 7) is 7.94. The van der Waals surface area contributed by atoms with Gasteiger partial charge in [0.05, 0.1) is 17.8 Å². The van der Waals surface area contributed by atoms with Gasteiger partial charge in [0.2, 0.25) is 5.89 Å². The molecule has 2 unspecified atom stereocenters. The van der Waals surface area contributed by atoms with Gasteiger partial charge in [-0.3, -0.25) is 0 Å². The second-order valence-corrected chi connectivity index (χ2v) is 5.47. The molecule has 16 heavy (non-hydrogen) atoms. The Morgan fingerprint density at radius 3 is 2.56 bits per heavy atom. The van der Waals surface area contributed by atoms with Crippen LogP contribution in [0.4, 0.5) is 0 Å². The molecule has 0 aliphatic heterocycles. The molecule has 4 nitrogen and oxygen atoms in total. The Morgan fingerprint density at radius 1 is 1.38 bits per heavy atom. The van der Waals surface area contributed by atoms with E-state index >= 15 is 0 Å². The Labute approximate surface area is 101 Å². The van der Waals surface area contributed by atoms with Crippen LogP contribution in [0.5, 0.6) is 0 Å². The zero-order chi connectivity index (χ0) is 12.1. The first-order chi connectivity index (χ1) is 7.56. The van der Waals surface area contributed by atoms with Crippen molar-refractivity contribution in [3.63, 3.8) is 0 Å². The van der Waals surface area contributed by atoms with Crippen LogP contribution in [0.15, 0.2) is 4.52 Å². The minimum absolute atomic E-state index is 0.0760. The lowest BCUT2D eigenvalue weighted by molar-refractivity contribution is 0.120. The van der Waals surface area contributed by atoms with E-state index < -0.39 is 6.10 Å². The first kappa shape index (κ1) is 13.5. The average Bonchev–Trinajstić information content (AvgIpc) is 2.62. The third kappa shape index (κ3) is 3.49. The molecule has 0 amide bonds. The number of aliphatic hydroxyl groups is 1. The van der Waals surface area contributed by atoms with Crippen LogP contribution >= 0.6 is 11.8 Å². The summed E-state index contributed by atoms with van der Waals surface area (Å²) in [5, 5.41) is 13.6. The van der Waals surface area contributed by atoms with E-state index in [9.17, 15) is 5.11 Å². The smallest absolute Gasteiger partial charge is 0.232 e. The summed E-state index contributed by atoms with van der Waals surface area (Å²) in [5.41, 5.74) is 0. The fourth-order valence-corrected chi connectivity index (χ4v) is 2.21. The van der Waals surface area contributed by atoms with Gasteiger partial charge in [-0.25, -0.2) is 0 Å². The van der Waals surface area contributed by atoms with E-state index in [0.29, 0.717) is 11.7 Å². The van der Waals surface area contributed by atoms with Crippen molar-refractivity contribution in [1.29, 1.82) is 0 Å². The van der Waals surface area contributed by atoms with Gasteiger partial charge in [0.25, 0.3) is 0 Å². The summed E-state index contributed by atoms with van der Waals surface area (Å²) < 4.78 is 5.21. The maximum absolute atomic E-state index is 9.69. The molecule has 0 aliphatic rings. The second kappa shape index (κ2) is 6.25. The van der Waals surface area contributed by atoms with Crippen molar-refractivity contribution in [2.24, 2.45) is 5.92 Å². The van der Waals surface area contributed by atoms with Gasteiger partial charge in [0, 0.05) is 0 Å². The molecule has 1 heterocycles. The topological polar surface area (TPSA) is 59.2 Å². The first-order valence-electron chi connectivity index (χ1n) is 5.64. The monoisotopic (exact) mass is 244 g/mol. The molecule has 0 bridgehead atoms. The van der Waals surface area contributed by atoms with E-state index in [1.807, 2.05) is 13.8 Å². The van der Waals surface area contributed by atoms with Crippen LogP contribution in [0.1, 0.15) is 45.3 Å². The number of hydrogen-bond donors (Lipinski definition) is 1. The zero-order valence-corrected chi connectivity index (χ0v) is 11.1. The van der Waals surface area contributed by atoms with Gasteiger partial charge >= 0.3 is 0 Å². The maximum Gasteiger partial charge on any atom is 0.232 e. The summed E-state index contributed by atoms with van der Waals surface area (Å²) in [4.78, 5) is 4.33. The van der Waals surface area contributed by atoms with Crippen molar-refractivity contribution in [3.05, 3.63) is 11.7 Å². The molecule has 1 N–H and O–H groups in total. The Bertz CT molecular complexity index is 305. The minimum atomic E-state index is -0.466. The second-order valence-electron chi connectivity index (χ2n) is 4.20. The third-order valence-electron chi connectivity index (χ3n) is 2.44. The van der Waals surface area contributed by atoms with Crippen molar-refractivity contribution in [2.45, 2.75) is 45.5 Å². The Hall–Kier alpha value is -0.550. The molecule has 0 aromatic carbocycles. The summed E-state index contributed by atoms with van der Waals surface area (Å²) in [7, 11) is 0. The molecule has 0 fully saturated rings. The molecular weight excluding hydrogens is 224 g/mol. The van der Waals surface area contributed by atoms with E-state index in [0.717, 1.165) is 11.5 Å². The Kier molecular flexibility index (Phi) is 5.28. The van der Waals surface area contributed by atoms with E-state index in [1.165, 1.54) is 0 Å². The molecule has 5 heteroatoms. The fraction of sp³-hybridized carbons (Fsp3) is 0.818. The summed E-state index contributed by atoms with van der Waals surface area (Å²) in [6, 6.07) is 0. The van der Waals surface area contributed by atoms with Crippen molar-refractivity contribution in [2.75, 3.05) is 5.75 Å². The van der Waals surface area contributed by atoms with Gasteiger partial charge < -0.3 is 9.63 Å². The standard InChI is InChI=1S/C11H20N2O2S/c1-5-16-6-9-12-11(15-13-9)10(7(2)3)8(4)14/h7-8,10,14H,5-6H2,1-4H3. The number of thioether (sulfide) groups is 1. The van der Waals surface area contributed by atoms with Crippen LogP contribution in [0.2, 0.25) is 0 Å². The van der Waals surface area contributed by atoms with Crippen LogP contribution in [0.25, 0.3) is 0 Å². The highest BCUT2D eigenvalue weighted by molar-refractivity contribution is 7.98. The van der Waals surface area contributed by atoms with Crippen molar-refractivity contribution < 1.29 is 9.63 Å². The lowest BCUT2D eigenvalue weighted by atomic mass is 9.91. The largest absolute Gasteiger partial charge is 0.393 e. The van der Waals surface area contributed by atoms with E-state index in [-0.39, 0.29) is 11.8 Å². The minimum Gasteiger partial charge on any atom is -0.393 e. The number of nitrogens with zero attached hydrogens (tertiary/aromatic N) is 2. The van der Waals surface area contributed by atoms with Gasteiger partial charge in [-0.2, -0.15) is 16.7 Å². The molecule has 92 valence electrons. The van der Waals surface area contributed by atoms with Gasteiger partial charge in [0.15, 0.2) is 5.82 Å². The van der Waals surface area contributed by atoms with Crippen LogP contribution < -0.4 is 0 Å². The number of aromatic nitrogens is 2. The van der Waals surface area contributed by atoms with E-state index in [1.54, 1.807) is 18.7 Å². The highest BCUT2D eigenvalue weighted by Crippen LogP contribution is 2.26. The number of aliphatic hydroxyl groups excluding tert-OH is 1. The molecule has 1 rings (SSSR count). The van der Waals surface area contributed by atoms with Crippen LogP contribution in [-0.2, 0) is 5.75 Å². The SMILES string of the molecule is CCSCc1noc(C(C(C)C)C(C)O)n1. The fourth-order valence-electron chi connectivity index (χ4n) is 1.70. The maximum atomic E-state index is 9.69. The van der Waals surface area contributed by atoms with Crippen molar-refractivity contribution in [3.8, 4) is 0 Å². The third-order valence-corrected chi connectivity index (χ3v) is 3.31. The Balaban J connectivity index is 2.74. The van der Waals surface area contributed by atoms with Crippen LogP contribution in [0, 0.1) is 5.92 Å². The summed E-state index contributed by atoms with van der Waals surface area (Å²) in [6.07, 6.45) is -0.466. The number of hydrogen-bond acceptors (Lipinski definition) is 5. The predicted molar refractivity (Wildman–Crippen MR) is 65.4 cm³/mol. The van der Waals surface area contributed by atoms with Gasteiger partial charge in [-0.1, -0.05) is 25.9 Å². The Morgan fingerprint density at radius 2 is 2.06 bits per heavy atom. The highest BCUT2D eigenvalue weighted by Gasteiger charge is 2.26. The van der Waals surface area contributed by atoms with Crippen LogP contribution in [0.3, 0.4) is 0 Å². The van der Waals surface area contributed by atoms with Gasteiger partial charge in [-0.05, 0) is 18.6 Å². The van der Waals surface area contributed by atoms with E-state index in [2.05, 4.69) is 17.1 Å². The molecule has 1 aromatic rings. The first-order valence-corrected chi connectivity index (χ1v) is 6.80. The van der Waals surface area contributed by atoms with Crippen molar-refractivity contribution >= 4 is 11.8 Å². The quantitative estimate of drug-likeness (QED) is 0.833. The van der Waals surface area contributed by atoms with Crippen molar-refractivity contribution in [1.82, 2.24) is 10.1 Å². The molecule has 0 saturated heterocycles. The molecular formula is C11H20N2O2S. The molecule has 0 saturated carbocycles. The summed E-state index contributed by atoms with van der Waals surface area (Å²) >= 11 is 1.76. The lowest BCUT2D eigenvalue weighted by Crippen LogP contribution is -2.20. The molecule has 2 atom stereocenters. The molecule has 0 radical (unpaired) electrons. The normalized spacial score (nSPS) is 15.4. The van der Waals surface area contributed by atoms with Gasteiger partial charge in [0.1, 0.15) is 0 Å². The van der Waals surface area contributed by atoms with Crippen LogP contribution in [-0.4, -0.2) is 27.1 Å².